The Labute approximate surface area is 128 Å². The standard InChI is InChI=1S/C17H18N2OS/c1-20-16-7-6-12-4-2-3-5-14(12)15(16)10-13(11-18)17-19-8-9-21-17/h2-9,13H,10-11,18H2,1H3. The van der Waals surface area contributed by atoms with E-state index in [9.17, 15) is 0 Å². The van der Waals surface area contributed by atoms with Crippen molar-refractivity contribution in [1.82, 2.24) is 4.98 Å². The Bertz CT molecular complexity index is 725. The van der Waals surface area contributed by atoms with E-state index in [1.54, 1.807) is 18.4 Å². The molecule has 1 heterocycles. The van der Waals surface area contributed by atoms with Gasteiger partial charge in [-0.3, -0.25) is 0 Å². The van der Waals surface area contributed by atoms with E-state index in [0.717, 1.165) is 17.2 Å². The number of hydrogen-bond acceptors (Lipinski definition) is 4. The number of hydrogen-bond donors (Lipinski definition) is 1. The van der Waals surface area contributed by atoms with Gasteiger partial charge in [-0.25, -0.2) is 4.98 Å². The van der Waals surface area contributed by atoms with Crippen molar-refractivity contribution in [3.8, 4) is 5.75 Å². The number of rotatable bonds is 5. The predicted molar refractivity (Wildman–Crippen MR) is 88.1 cm³/mol. The van der Waals surface area contributed by atoms with Crippen LogP contribution in [0.3, 0.4) is 0 Å². The highest BCUT2D eigenvalue weighted by molar-refractivity contribution is 7.09. The number of benzene rings is 2. The molecule has 2 N–H and O–H groups in total. The van der Waals surface area contributed by atoms with E-state index < -0.39 is 0 Å². The second-order valence-corrected chi connectivity index (χ2v) is 5.90. The van der Waals surface area contributed by atoms with Gasteiger partial charge in [-0.05, 0) is 23.3 Å². The zero-order valence-electron chi connectivity index (χ0n) is 12.0. The molecule has 3 nitrogen and oxygen atoms in total. The number of ether oxygens (including phenoxy) is 1. The van der Waals surface area contributed by atoms with Gasteiger partial charge in [0, 0.05) is 29.6 Å². The van der Waals surface area contributed by atoms with Gasteiger partial charge in [-0.2, -0.15) is 0 Å². The topological polar surface area (TPSA) is 48.1 Å². The van der Waals surface area contributed by atoms with Crippen LogP contribution < -0.4 is 10.5 Å². The fraction of sp³-hybridized carbons (Fsp3) is 0.235. The summed E-state index contributed by atoms with van der Waals surface area (Å²) in [5.74, 6) is 1.15. The third kappa shape index (κ3) is 2.77. The van der Waals surface area contributed by atoms with Gasteiger partial charge in [0.2, 0.25) is 0 Å². The van der Waals surface area contributed by atoms with Gasteiger partial charge in [0.25, 0.3) is 0 Å². The summed E-state index contributed by atoms with van der Waals surface area (Å²) in [7, 11) is 1.72. The average molecular weight is 298 g/mol. The summed E-state index contributed by atoms with van der Waals surface area (Å²) in [6.45, 7) is 0.583. The lowest BCUT2D eigenvalue weighted by Gasteiger charge is -2.17. The van der Waals surface area contributed by atoms with Crippen LogP contribution in [0.1, 0.15) is 16.5 Å². The Morgan fingerprint density at radius 1 is 1.24 bits per heavy atom. The van der Waals surface area contributed by atoms with Crippen molar-refractivity contribution in [3.63, 3.8) is 0 Å². The molecule has 0 spiro atoms. The Morgan fingerprint density at radius 3 is 2.81 bits per heavy atom. The van der Waals surface area contributed by atoms with E-state index in [4.69, 9.17) is 10.5 Å². The molecule has 0 aliphatic heterocycles. The first kappa shape index (κ1) is 14.0. The van der Waals surface area contributed by atoms with Gasteiger partial charge in [0.05, 0.1) is 12.1 Å². The molecule has 0 radical (unpaired) electrons. The normalized spacial score (nSPS) is 12.5. The van der Waals surface area contributed by atoms with E-state index in [2.05, 4.69) is 35.3 Å². The van der Waals surface area contributed by atoms with Gasteiger partial charge < -0.3 is 10.5 Å². The summed E-state index contributed by atoms with van der Waals surface area (Å²) >= 11 is 1.66. The number of methoxy groups -OCH3 is 1. The number of nitrogens with zero attached hydrogens (tertiary/aromatic N) is 1. The first-order chi connectivity index (χ1) is 10.3. The van der Waals surface area contributed by atoms with E-state index in [0.29, 0.717) is 6.54 Å². The van der Waals surface area contributed by atoms with Gasteiger partial charge in [-0.1, -0.05) is 30.3 Å². The third-order valence-electron chi connectivity index (χ3n) is 3.75. The predicted octanol–water partition coefficient (Wildman–Crippen LogP) is 3.59. The molecule has 3 aromatic rings. The molecule has 1 aromatic heterocycles. The maximum atomic E-state index is 5.97. The largest absolute Gasteiger partial charge is 0.496 e. The summed E-state index contributed by atoms with van der Waals surface area (Å²) in [6, 6.07) is 12.5. The van der Waals surface area contributed by atoms with Crippen molar-refractivity contribution in [2.45, 2.75) is 12.3 Å². The quantitative estimate of drug-likeness (QED) is 0.783. The van der Waals surface area contributed by atoms with Gasteiger partial charge >= 0.3 is 0 Å². The minimum absolute atomic E-state index is 0.227. The summed E-state index contributed by atoms with van der Waals surface area (Å²) in [4.78, 5) is 4.42. The molecule has 0 fully saturated rings. The monoisotopic (exact) mass is 298 g/mol. The van der Waals surface area contributed by atoms with Crippen LogP contribution in [0.4, 0.5) is 0 Å². The summed E-state index contributed by atoms with van der Waals surface area (Å²) in [5.41, 5.74) is 7.18. The van der Waals surface area contributed by atoms with Crippen molar-refractivity contribution in [1.29, 1.82) is 0 Å². The van der Waals surface area contributed by atoms with Crippen LogP contribution in [0.2, 0.25) is 0 Å². The summed E-state index contributed by atoms with van der Waals surface area (Å²) < 4.78 is 5.56. The second kappa shape index (κ2) is 6.24. The number of aromatic nitrogens is 1. The molecule has 0 aliphatic carbocycles. The molecule has 21 heavy (non-hydrogen) atoms. The molecule has 1 atom stereocenters. The third-order valence-corrected chi connectivity index (χ3v) is 4.69. The Hall–Kier alpha value is -1.91. The molecule has 108 valence electrons. The molecule has 1 unspecified atom stereocenters. The maximum Gasteiger partial charge on any atom is 0.122 e. The SMILES string of the molecule is COc1ccc2ccccc2c1CC(CN)c1nccs1. The van der Waals surface area contributed by atoms with Crippen molar-refractivity contribution >= 4 is 22.1 Å². The smallest absolute Gasteiger partial charge is 0.122 e. The fourth-order valence-electron chi connectivity index (χ4n) is 2.67. The zero-order valence-corrected chi connectivity index (χ0v) is 12.8. The average Bonchev–Trinajstić information content (AvgIpc) is 3.06. The second-order valence-electron chi connectivity index (χ2n) is 4.97. The van der Waals surface area contributed by atoms with E-state index in [1.807, 2.05) is 17.6 Å². The maximum absolute atomic E-state index is 5.97. The van der Waals surface area contributed by atoms with Gasteiger partial charge in [0.15, 0.2) is 0 Å². The van der Waals surface area contributed by atoms with Crippen molar-refractivity contribution in [3.05, 3.63) is 58.5 Å². The molecular formula is C17H18N2OS. The first-order valence-electron chi connectivity index (χ1n) is 6.97. The lowest BCUT2D eigenvalue weighted by Crippen LogP contribution is -2.15. The molecule has 0 bridgehead atoms. The van der Waals surface area contributed by atoms with E-state index in [1.165, 1.54) is 16.3 Å². The molecule has 2 aromatic carbocycles. The zero-order chi connectivity index (χ0) is 14.7. The van der Waals surface area contributed by atoms with Crippen LogP contribution in [0.25, 0.3) is 10.8 Å². The fourth-order valence-corrected chi connectivity index (χ4v) is 3.43. The first-order valence-corrected chi connectivity index (χ1v) is 7.85. The van der Waals surface area contributed by atoms with Crippen molar-refractivity contribution in [2.24, 2.45) is 5.73 Å². The number of fused-ring (bicyclic) bond motifs is 1. The molecule has 3 rings (SSSR count). The molecule has 4 heteroatoms. The minimum atomic E-state index is 0.227. The van der Waals surface area contributed by atoms with Crippen LogP contribution in [0, 0.1) is 0 Å². The van der Waals surface area contributed by atoms with Crippen LogP contribution in [0.5, 0.6) is 5.75 Å². The summed E-state index contributed by atoms with van der Waals surface area (Å²) in [6.07, 6.45) is 2.68. The molecule has 0 saturated heterocycles. The van der Waals surface area contributed by atoms with Crippen molar-refractivity contribution in [2.75, 3.05) is 13.7 Å². The lowest BCUT2D eigenvalue weighted by molar-refractivity contribution is 0.409. The number of thiazole rings is 1. The van der Waals surface area contributed by atoms with Crippen LogP contribution in [-0.2, 0) is 6.42 Å². The van der Waals surface area contributed by atoms with Crippen molar-refractivity contribution < 1.29 is 4.74 Å². The molecule has 0 aliphatic rings. The Morgan fingerprint density at radius 2 is 2.10 bits per heavy atom. The molecule has 0 saturated carbocycles. The Balaban J connectivity index is 2.06. The highest BCUT2D eigenvalue weighted by Crippen LogP contribution is 2.32. The van der Waals surface area contributed by atoms with Crippen LogP contribution in [0.15, 0.2) is 48.0 Å². The number of nitrogens with two attached hydrogens (primary N) is 1. The van der Waals surface area contributed by atoms with E-state index >= 15 is 0 Å². The Kier molecular flexibility index (Phi) is 4.18. The summed E-state index contributed by atoms with van der Waals surface area (Å²) in [5, 5.41) is 5.54. The van der Waals surface area contributed by atoms with E-state index in [-0.39, 0.29) is 5.92 Å². The van der Waals surface area contributed by atoms with Crippen LogP contribution in [-0.4, -0.2) is 18.6 Å². The lowest BCUT2D eigenvalue weighted by atomic mass is 9.94. The minimum Gasteiger partial charge on any atom is -0.496 e. The molecular weight excluding hydrogens is 280 g/mol. The van der Waals surface area contributed by atoms with Crippen LogP contribution >= 0.6 is 11.3 Å². The van der Waals surface area contributed by atoms with Gasteiger partial charge in [-0.15, -0.1) is 11.3 Å². The highest BCUT2D eigenvalue weighted by atomic mass is 32.1. The highest BCUT2D eigenvalue weighted by Gasteiger charge is 2.17. The molecule has 0 amide bonds. The van der Waals surface area contributed by atoms with Gasteiger partial charge in [0.1, 0.15) is 5.75 Å².